The van der Waals surface area contributed by atoms with E-state index in [0.29, 0.717) is 37.3 Å². The van der Waals surface area contributed by atoms with E-state index in [-0.39, 0.29) is 5.88 Å². The molecule has 5 rings (SSSR count). The molecule has 3 aromatic heterocycles. The number of hydrogen-bond acceptors (Lipinski definition) is 6. The molecule has 2 unspecified atom stereocenters. The highest BCUT2D eigenvalue weighted by atomic mass is 19.1. The van der Waals surface area contributed by atoms with Crippen LogP contribution in [0.4, 0.5) is 4.39 Å². The average molecular weight is 455 g/mol. The van der Waals surface area contributed by atoms with Gasteiger partial charge in [0.25, 0.3) is 0 Å². The summed E-state index contributed by atoms with van der Waals surface area (Å²) in [6.07, 6.45) is 9.41. The van der Waals surface area contributed by atoms with Crippen molar-refractivity contribution in [2.75, 3.05) is 33.9 Å². The summed E-state index contributed by atoms with van der Waals surface area (Å²) in [5.74, 6) is 0.0938. The summed E-state index contributed by atoms with van der Waals surface area (Å²) in [4.78, 5) is 6.52. The van der Waals surface area contributed by atoms with Gasteiger partial charge in [-0.15, -0.1) is 0 Å². The first-order chi connectivity index (χ1) is 16.0. The van der Waals surface area contributed by atoms with Crippen molar-refractivity contribution in [3.63, 3.8) is 0 Å². The molecule has 3 aromatic rings. The van der Waals surface area contributed by atoms with Gasteiger partial charge in [0.1, 0.15) is 0 Å². The maximum atomic E-state index is 14.4. The van der Waals surface area contributed by atoms with Gasteiger partial charge in [-0.1, -0.05) is 0 Å². The molecule has 5 heterocycles. The fourth-order valence-electron chi connectivity index (χ4n) is 4.98. The van der Waals surface area contributed by atoms with Crippen LogP contribution in [0.2, 0.25) is 0 Å². The minimum Gasteiger partial charge on any atom is -0.479 e. The number of nitrogens with zero attached hydrogens (tertiary/aromatic N) is 6. The lowest BCUT2D eigenvalue weighted by Crippen LogP contribution is -2.38. The molecule has 0 bridgehead atoms. The van der Waals surface area contributed by atoms with Crippen LogP contribution in [0, 0.1) is 11.7 Å². The van der Waals surface area contributed by atoms with Gasteiger partial charge in [-0.2, -0.15) is 10.2 Å². The molecular weight excluding hydrogens is 423 g/mol. The van der Waals surface area contributed by atoms with Crippen molar-refractivity contribution in [2.24, 2.45) is 5.92 Å². The van der Waals surface area contributed by atoms with E-state index in [4.69, 9.17) is 14.6 Å². The van der Waals surface area contributed by atoms with E-state index in [0.717, 1.165) is 42.0 Å². The highest BCUT2D eigenvalue weighted by Gasteiger charge is 2.25. The Kier molecular flexibility index (Phi) is 6.16. The lowest BCUT2D eigenvalue weighted by Gasteiger charge is -2.34. The third-order valence-corrected chi connectivity index (χ3v) is 6.97. The SMILES string of the molecule is COc1ncc(-n2nc(-c3cnn(CC4CCN(C)C(C)C4)c3)c3c2CCOCC3)cc1F. The van der Waals surface area contributed by atoms with Crippen LogP contribution in [-0.4, -0.2) is 69.4 Å². The summed E-state index contributed by atoms with van der Waals surface area (Å²) in [5.41, 5.74) is 4.61. The van der Waals surface area contributed by atoms with E-state index in [1.807, 2.05) is 10.9 Å². The van der Waals surface area contributed by atoms with Crippen LogP contribution in [0.3, 0.4) is 0 Å². The molecule has 0 aromatic carbocycles. The van der Waals surface area contributed by atoms with Crippen molar-refractivity contribution in [1.82, 2.24) is 29.4 Å². The Hall–Kier alpha value is -2.78. The Morgan fingerprint density at radius 3 is 2.88 bits per heavy atom. The summed E-state index contributed by atoms with van der Waals surface area (Å²) in [6, 6.07) is 2.02. The number of hydrogen-bond donors (Lipinski definition) is 0. The van der Waals surface area contributed by atoms with Gasteiger partial charge >= 0.3 is 0 Å². The zero-order valence-electron chi connectivity index (χ0n) is 19.5. The van der Waals surface area contributed by atoms with Crippen LogP contribution in [0.25, 0.3) is 16.9 Å². The molecule has 33 heavy (non-hydrogen) atoms. The fourth-order valence-corrected chi connectivity index (χ4v) is 4.98. The van der Waals surface area contributed by atoms with Gasteiger partial charge in [-0.25, -0.2) is 14.1 Å². The molecule has 1 fully saturated rings. The Bertz CT molecular complexity index is 1130. The summed E-state index contributed by atoms with van der Waals surface area (Å²) in [7, 11) is 3.60. The zero-order valence-corrected chi connectivity index (χ0v) is 19.5. The second-order valence-electron chi connectivity index (χ2n) is 9.15. The molecule has 0 amide bonds. The molecule has 8 nitrogen and oxygen atoms in total. The Labute approximate surface area is 193 Å². The van der Waals surface area contributed by atoms with Gasteiger partial charge in [0.15, 0.2) is 5.82 Å². The summed E-state index contributed by atoms with van der Waals surface area (Å²) >= 11 is 0. The van der Waals surface area contributed by atoms with Crippen LogP contribution in [-0.2, 0) is 24.1 Å². The van der Waals surface area contributed by atoms with Crippen molar-refractivity contribution in [3.8, 4) is 22.8 Å². The Morgan fingerprint density at radius 1 is 1.24 bits per heavy atom. The van der Waals surface area contributed by atoms with E-state index in [9.17, 15) is 4.39 Å². The molecule has 2 aliphatic rings. The van der Waals surface area contributed by atoms with Crippen molar-refractivity contribution in [3.05, 3.63) is 41.7 Å². The van der Waals surface area contributed by atoms with Gasteiger partial charge in [0, 0.05) is 42.4 Å². The molecule has 0 aliphatic carbocycles. The molecule has 0 radical (unpaired) electrons. The molecule has 0 saturated carbocycles. The average Bonchev–Trinajstić information content (AvgIpc) is 3.33. The maximum Gasteiger partial charge on any atom is 0.250 e. The number of ether oxygens (including phenoxy) is 2. The zero-order chi connectivity index (χ0) is 22.9. The topological polar surface area (TPSA) is 70.2 Å². The number of halogens is 1. The summed E-state index contributed by atoms with van der Waals surface area (Å²) in [6.45, 7) is 5.59. The third kappa shape index (κ3) is 4.39. The van der Waals surface area contributed by atoms with Crippen molar-refractivity contribution >= 4 is 0 Å². The maximum absolute atomic E-state index is 14.4. The number of likely N-dealkylation sites (tertiary alicyclic amines) is 1. The molecule has 176 valence electrons. The second kappa shape index (κ2) is 9.23. The van der Waals surface area contributed by atoms with E-state index < -0.39 is 5.82 Å². The largest absolute Gasteiger partial charge is 0.479 e. The van der Waals surface area contributed by atoms with Crippen molar-refractivity contribution in [1.29, 1.82) is 0 Å². The standard InChI is InChI=1S/C24H31FN6O2/c1-16-10-17(4-7-29(16)2)14-30-15-18(12-27-30)23-20-5-8-33-9-6-22(20)31(28-23)19-11-21(25)24(32-3)26-13-19/h11-13,15-17H,4-10,14H2,1-3H3. The van der Waals surface area contributed by atoms with Crippen molar-refractivity contribution in [2.45, 2.75) is 45.2 Å². The van der Waals surface area contributed by atoms with E-state index in [2.05, 4.69) is 35.2 Å². The van der Waals surface area contributed by atoms with Crippen LogP contribution in [0.15, 0.2) is 24.7 Å². The normalized spacial score (nSPS) is 21.6. The van der Waals surface area contributed by atoms with E-state index in [1.54, 1.807) is 10.9 Å². The smallest absolute Gasteiger partial charge is 0.250 e. The number of rotatable bonds is 5. The molecular formula is C24H31FN6O2. The minimum absolute atomic E-state index is 0.0231. The highest BCUT2D eigenvalue weighted by molar-refractivity contribution is 5.64. The van der Waals surface area contributed by atoms with Crippen LogP contribution >= 0.6 is 0 Å². The monoisotopic (exact) mass is 454 g/mol. The van der Waals surface area contributed by atoms with Gasteiger partial charge in [-0.05, 0) is 45.7 Å². The number of methoxy groups -OCH3 is 1. The second-order valence-corrected chi connectivity index (χ2v) is 9.15. The predicted octanol–water partition coefficient (Wildman–Crippen LogP) is 3.12. The fraction of sp³-hybridized carbons (Fsp3) is 0.542. The molecule has 1 saturated heterocycles. The summed E-state index contributed by atoms with van der Waals surface area (Å²) < 4.78 is 28.9. The number of piperidine rings is 1. The summed E-state index contributed by atoms with van der Waals surface area (Å²) in [5, 5.41) is 9.56. The Morgan fingerprint density at radius 2 is 2.09 bits per heavy atom. The molecule has 2 aliphatic heterocycles. The first-order valence-electron chi connectivity index (χ1n) is 11.6. The molecule has 2 atom stereocenters. The minimum atomic E-state index is -0.508. The van der Waals surface area contributed by atoms with Crippen LogP contribution < -0.4 is 4.74 Å². The Balaban J connectivity index is 1.46. The first-order valence-corrected chi connectivity index (χ1v) is 11.6. The predicted molar refractivity (Wildman–Crippen MR) is 122 cm³/mol. The lowest BCUT2D eigenvalue weighted by atomic mass is 9.92. The van der Waals surface area contributed by atoms with Gasteiger partial charge in [0.2, 0.25) is 5.88 Å². The number of pyridine rings is 1. The van der Waals surface area contributed by atoms with E-state index >= 15 is 0 Å². The van der Waals surface area contributed by atoms with Gasteiger partial charge in [-0.3, -0.25) is 4.68 Å². The highest BCUT2D eigenvalue weighted by Crippen LogP contribution is 2.31. The van der Waals surface area contributed by atoms with Crippen LogP contribution in [0.5, 0.6) is 5.88 Å². The van der Waals surface area contributed by atoms with Gasteiger partial charge < -0.3 is 14.4 Å². The third-order valence-electron chi connectivity index (χ3n) is 6.97. The van der Waals surface area contributed by atoms with E-state index in [1.165, 1.54) is 26.0 Å². The number of aromatic nitrogens is 5. The van der Waals surface area contributed by atoms with Crippen molar-refractivity contribution < 1.29 is 13.9 Å². The van der Waals surface area contributed by atoms with Gasteiger partial charge in [0.05, 0.1) is 49.8 Å². The molecule has 0 N–H and O–H groups in total. The molecule has 9 heteroatoms. The first kappa shape index (κ1) is 22.0. The van der Waals surface area contributed by atoms with Crippen LogP contribution in [0.1, 0.15) is 31.0 Å². The quantitative estimate of drug-likeness (QED) is 0.590. The number of fused-ring (bicyclic) bond motifs is 1. The lowest BCUT2D eigenvalue weighted by molar-refractivity contribution is 0.142. The molecule has 0 spiro atoms.